The fourth-order valence-electron chi connectivity index (χ4n) is 2.10. The van der Waals surface area contributed by atoms with Crippen molar-refractivity contribution in [1.29, 1.82) is 5.26 Å². The van der Waals surface area contributed by atoms with Crippen LogP contribution >= 0.6 is 0 Å². The predicted octanol–water partition coefficient (Wildman–Crippen LogP) is 2.16. The van der Waals surface area contributed by atoms with Crippen molar-refractivity contribution in [3.63, 3.8) is 0 Å². The fraction of sp³-hybridized carbons (Fsp3) is 0.333. The highest BCUT2D eigenvalue weighted by molar-refractivity contribution is 5.81. The van der Waals surface area contributed by atoms with Crippen LogP contribution in [0.3, 0.4) is 0 Å². The monoisotopic (exact) mass is 240 g/mol. The molecule has 1 unspecified atom stereocenters. The third kappa shape index (κ3) is 2.98. The van der Waals surface area contributed by atoms with Crippen molar-refractivity contribution < 1.29 is 4.79 Å². The van der Waals surface area contributed by atoms with Gasteiger partial charge in [-0.05, 0) is 18.4 Å². The molecule has 1 aromatic carbocycles. The van der Waals surface area contributed by atoms with Gasteiger partial charge in [-0.2, -0.15) is 5.26 Å². The van der Waals surface area contributed by atoms with Crippen LogP contribution in [0.4, 0.5) is 0 Å². The minimum absolute atomic E-state index is 0.0503. The third-order valence-corrected chi connectivity index (χ3v) is 3.11. The molecule has 1 heterocycles. The number of benzene rings is 1. The van der Waals surface area contributed by atoms with Gasteiger partial charge in [0.15, 0.2) is 0 Å². The van der Waals surface area contributed by atoms with Crippen LogP contribution in [0.25, 0.3) is 0 Å². The Balaban J connectivity index is 2.03. The molecule has 18 heavy (non-hydrogen) atoms. The minimum atomic E-state index is -0.570. The molecule has 0 N–H and O–H groups in total. The molecule has 0 fully saturated rings. The summed E-state index contributed by atoms with van der Waals surface area (Å²) in [7, 11) is 0. The zero-order valence-electron chi connectivity index (χ0n) is 10.2. The van der Waals surface area contributed by atoms with E-state index in [9.17, 15) is 10.1 Å². The standard InChI is InChI=1S/C15H16N2O/c16-12-14(11-13-7-3-1-4-8-13)15(18)17-9-5-2-6-10-17/h1-5,7-8,14H,6,9-11H2. The summed E-state index contributed by atoms with van der Waals surface area (Å²) in [6, 6.07) is 11.8. The van der Waals surface area contributed by atoms with Gasteiger partial charge in [0, 0.05) is 13.1 Å². The molecular formula is C15H16N2O. The lowest BCUT2D eigenvalue weighted by Crippen LogP contribution is -2.38. The number of nitrogens with zero attached hydrogens (tertiary/aromatic N) is 2. The van der Waals surface area contributed by atoms with E-state index in [1.54, 1.807) is 4.90 Å². The summed E-state index contributed by atoms with van der Waals surface area (Å²) in [5, 5.41) is 9.17. The summed E-state index contributed by atoms with van der Waals surface area (Å²) in [5.41, 5.74) is 1.03. The summed E-state index contributed by atoms with van der Waals surface area (Å²) in [5.74, 6) is -0.621. The molecule has 1 aromatic rings. The molecular weight excluding hydrogens is 224 g/mol. The molecule has 1 aliphatic heterocycles. The van der Waals surface area contributed by atoms with Crippen LogP contribution in [0.1, 0.15) is 12.0 Å². The normalized spacial score (nSPS) is 16.1. The first kappa shape index (κ1) is 12.4. The van der Waals surface area contributed by atoms with Crippen molar-refractivity contribution in [2.75, 3.05) is 13.1 Å². The quantitative estimate of drug-likeness (QED) is 0.760. The number of carbonyl (C=O) groups excluding carboxylic acids is 1. The largest absolute Gasteiger partial charge is 0.338 e. The molecule has 3 nitrogen and oxygen atoms in total. The number of rotatable bonds is 3. The fourth-order valence-corrected chi connectivity index (χ4v) is 2.10. The van der Waals surface area contributed by atoms with E-state index < -0.39 is 5.92 Å². The molecule has 3 heteroatoms. The van der Waals surface area contributed by atoms with Crippen molar-refractivity contribution in [3.05, 3.63) is 48.0 Å². The predicted molar refractivity (Wildman–Crippen MR) is 69.6 cm³/mol. The highest BCUT2D eigenvalue weighted by Crippen LogP contribution is 2.13. The summed E-state index contributed by atoms with van der Waals surface area (Å²) in [6.45, 7) is 1.36. The first-order chi connectivity index (χ1) is 8.81. The molecule has 92 valence electrons. The van der Waals surface area contributed by atoms with E-state index in [-0.39, 0.29) is 5.91 Å². The molecule has 0 saturated heterocycles. The Labute approximate surface area is 107 Å². The highest BCUT2D eigenvalue weighted by Gasteiger charge is 2.24. The molecule has 0 aliphatic carbocycles. The maximum absolute atomic E-state index is 12.2. The Morgan fingerprint density at radius 2 is 2.11 bits per heavy atom. The van der Waals surface area contributed by atoms with Gasteiger partial charge in [-0.3, -0.25) is 4.79 Å². The van der Waals surface area contributed by atoms with Crippen molar-refractivity contribution in [1.82, 2.24) is 4.90 Å². The molecule has 1 amide bonds. The van der Waals surface area contributed by atoms with Crippen LogP contribution in [0, 0.1) is 17.2 Å². The number of carbonyl (C=O) groups is 1. The topological polar surface area (TPSA) is 44.1 Å². The van der Waals surface area contributed by atoms with Crippen LogP contribution < -0.4 is 0 Å². The molecule has 1 aliphatic rings. The van der Waals surface area contributed by atoms with E-state index >= 15 is 0 Å². The maximum atomic E-state index is 12.2. The van der Waals surface area contributed by atoms with Gasteiger partial charge in [0.25, 0.3) is 0 Å². The summed E-state index contributed by atoms with van der Waals surface area (Å²) in [6.07, 6.45) is 5.44. The molecule has 0 saturated carbocycles. The number of amides is 1. The number of nitriles is 1. The summed E-state index contributed by atoms with van der Waals surface area (Å²) in [4.78, 5) is 14.0. The lowest BCUT2D eigenvalue weighted by atomic mass is 9.99. The molecule has 1 atom stereocenters. The molecule has 2 rings (SSSR count). The van der Waals surface area contributed by atoms with Gasteiger partial charge in [0.05, 0.1) is 6.07 Å². The zero-order valence-corrected chi connectivity index (χ0v) is 10.2. The third-order valence-electron chi connectivity index (χ3n) is 3.11. The van der Waals surface area contributed by atoms with Crippen LogP contribution in [0.15, 0.2) is 42.5 Å². The van der Waals surface area contributed by atoms with Gasteiger partial charge >= 0.3 is 0 Å². The van der Waals surface area contributed by atoms with E-state index in [4.69, 9.17) is 0 Å². The van der Waals surface area contributed by atoms with Gasteiger partial charge in [0.1, 0.15) is 5.92 Å². The van der Waals surface area contributed by atoms with E-state index in [2.05, 4.69) is 12.1 Å². The average Bonchev–Trinajstić information content (AvgIpc) is 2.46. The Morgan fingerprint density at radius 3 is 2.72 bits per heavy atom. The van der Waals surface area contributed by atoms with Gasteiger partial charge < -0.3 is 4.90 Å². The second-order valence-electron chi connectivity index (χ2n) is 4.42. The number of hydrogen-bond acceptors (Lipinski definition) is 2. The minimum Gasteiger partial charge on any atom is -0.338 e. The second-order valence-corrected chi connectivity index (χ2v) is 4.42. The lowest BCUT2D eigenvalue weighted by molar-refractivity contribution is -0.133. The average molecular weight is 240 g/mol. The van der Waals surface area contributed by atoms with E-state index in [0.717, 1.165) is 18.5 Å². The summed E-state index contributed by atoms with van der Waals surface area (Å²) >= 11 is 0. The Kier molecular flexibility index (Phi) is 4.14. The maximum Gasteiger partial charge on any atom is 0.240 e. The zero-order chi connectivity index (χ0) is 12.8. The smallest absolute Gasteiger partial charge is 0.240 e. The van der Waals surface area contributed by atoms with Gasteiger partial charge in [-0.15, -0.1) is 0 Å². The first-order valence-electron chi connectivity index (χ1n) is 6.18. The van der Waals surface area contributed by atoms with Crippen molar-refractivity contribution in [2.45, 2.75) is 12.8 Å². The van der Waals surface area contributed by atoms with Crippen molar-refractivity contribution in [2.24, 2.45) is 5.92 Å². The second kappa shape index (κ2) is 6.02. The molecule has 0 spiro atoms. The van der Waals surface area contributed by atoms with Crippen LogP contribution in [-0.2, 0) is 11.2 Å². The Bertz CT molecular complexity index is 473. The lowest BCUT2D eigenvalue weighted by Gasteiger charge is -2.25. The summed E-state index contributed by atoms with van der Waals surface area (Å²) < 4.78 is 0. The molecule has 0 radical (unpaired) electrons. The van der Waals surface area contributed by atoms with Crippen molar-refractivity contribution in [3.8, 4) is 6.07 Å². The Morgan fingerprint density at radius 1 is 1.33 bits per heavy atom. The van der Waals surface area contributed by atoms with Crippen molar-refractivity contribution >= 4 is 5.91 Å². The van der Waals surface area contributed by atoms with Gasteiger partial charge in [-0.25, -0.2) is 0 Å². The van der Waals surface area contributed by atoms with Gasteiger partial charge in [0.2, 0.25) is 5.91 Å². The van der Waals surface area contributed by atoms with Crippen LogP contribution in [-0.4, -0.2) is 23.9 Å². The van der Waals surface area contributed by atoms with E-state index in [1.165, 1.54) is 0 Å². The van der Waals surface area contributed by atoms with E-state index in [1.807, 2.05) is 36.4 Å². The first-order valence-corrected chi connectivity index (χ1v) is 6.18. The van der Waals surface area contributed by atoms with Gasteiger partial charge in [-0.1, -0.05) is 42.5 Å². The highest BCUT2D eigenvalue weighted by atomic mass is 16.2. The van der Waals surface area contributed by atoms with E-state index in [0.29, 0.717) is 13.0 Å². The number of hydrogen-bond donors (Lipinski definition) is 0. The SMILES string of the molecule is N#CC(Cc1ccccc1)C(=O)N1CC=CCC1. The Hall–Kier alpha value is -2.08. The van der Waals surface area contributed by atoms with Crippen LogP contribution in [0.2, 0.25) is 0 Å². The molecule has 0 aromatic heterocycles. The molecule has 0 bridgehead atoms. The van der Waals surface area contributed by atoms with Crippen LogP contribution in [0.5, 0.6) is 0 Å².